The van der Waals surface area contributed by atoms with Crippen LogP contribution < -0.4 is 0 Å². The van der Waals surface area contributed by atoms with Crippen molar-refractivity contribution in [2.24, 2.45) is 0 Å². The Morgan fingerprint density at radius 2 is 2.40 bits per heavy atom. The van der Waals surface area contributed by atoms with Crippen LogP contribution in [0.3, 0.4) is 0 Å². The first-order valence-electron chi connectivity index (χ1n) is 2.69. The number of hydrogen-bond acceptors (Lipinski definition) is 3. The van der Waals surface area contributed by atoms with Crippen molar-refractivity contribution in [2.75, 3.05) is 0 Å². The van der Waals surface area contributed by atoms with Crippen LogP contribution in [-0.2, 0) is 0 Å². The fraction of sp³-hybridized carbons (Fsp3) is 0.167. The van der Waals surface area contributed by atoms with Crippen molar-refractivity contribution >= 4 is 17.4 Å². The second kappa shape index (κ2) is 2.75. The van der Waals surface area contributed by atoms with Crippen LogP contribution in [0.25, 0.3) is 0 Å². The Morgan fingerprint density at radius 1 is 1.70 bits per heavy atom. The molecule has 0 saturated carbocycles. The Balaban J connectivity index is 3.07. The summed E-state index contributed by atoms with van der Waals surface area (Å²) in [4.78, 5) is 10.7. The van der Waals surface area contributed by atoms with Gasteiger partial charge in [-0.05, 0) is 13.0 Å². The minimum absolute atomic E-state index is 0.0585. The Hall–Kier alpha value is -0.960. The zero-order valence-electron chi connectivity index (χ0n) is 5.34. The highest BCUT2D eigenvalue weighted by Crippen LogP contribution is 2.04. The van der Waals surface area contributed by atoms with Crippen LogP contribution in [0, 0.1) is 0 Å². The summed E-state index contributed by atoms with van der Waals surface area (Å²) in [6.45, 7) is 1.45. The van der Waals surface area contributed by atoms with Crippen LogP contribution in [0.15, 0.2) is 12.3 Å². The molecule has 0 aliphatic carbocycles. The Morgan fingerprint density at radius 3 is 2.80 bits per heavy atom. The zero-order chi connectivity index (χ0) is 7.56. The first-order valence-corrected chi connectivity index (χ1v) is 3.07. The van der Waals surface area contributed by atoms with Gasteiger partial charge in [0, 0.05) is 5.56 Å². The molecule has 1 aromatic heterocycles. The summed E-state index contributed by atoms with van der Waals surface area (Å²) in [7, 11) is 0. The smallest absolute Gasteiger partial charge is 0.161 e. The third-order valence-corrected chi connectivity index (χ3v) is 1.22. The monoisotopic (exact) mass is 156 g/mol. The molecular weight excluding hydrogens is 152 g/mol. The molecule has 10 heavy (non-hydrogen) atoms. The third-order valence-electron chi connectivity index (χ3n) is 1.03. The van der Waals surface area contributed by atoms with Crippen LogP contribution in [-0.4, -0.2) is 16.0 Å². The number of Topliss-reactive ketones (excluding diaryl/α,β-unsaturated/α-hetero) is 1. The highest BCUT2D eigenvalue weighted by molar-refractivity contribution is 6.29. The van der Waals surface area contributed by atoms with Crippen LogP contribution in [0.2, 0.25) is 5.15 Å². The fourth-order valence-corrected chi connectivity index (χ4v) is 0.694. The lowest BCUT2D eigenvalue weighted by atomic mass is 10.2. The molecule has 52 valence electrons. The SMILES string of the molecule is CC(=O)c1cnnc(Cl)c1. The van der Waals surface area contributed by atoms with Crippen molar-refractivity contribution in [1.29, 1.82) is 0 Å². The first-order chi connectivity index (χ1) is 4.70. The van der Waals surface area contributed by atoms with E-state index in [9.17, 15) is 4.79 Å². The molecule has 1 aromatic rings. The van der Waals surface area contributed by atoms with Crippen LogP contribution in [0.5, 0.6) is 0 Å². The van der Waals surface area contributed by atoms with Crippen molar-refractivity contribution in [2.45, 2.75) is 6.92 Å². The number of ketones is 1. The van der Waals surface area contributed by atoms with Gasteiger partial charge >= 0.3 is 0 Å². The molecule has 3 nitrogen and oxygen atoms in total. The number of rotatable bonds is 1. The molecule has 0 fully saturated rings. The quantitative estimate of drug-likeness (QED) is 0.577. The summed E-state index contributed by atoms with van der Waals surface area (Å²) >= 11 is 5.46. The minimum atomic E-state index is -0.0585. The van der Waals surface area contributed by atoms with Gasteiger partial charge in [0.1, 0.15) is 0 Å². The molecule has 0 aliphatic heterocycles. The van der Waals surface area contributed by atoms with E-state index in [0.717, 1.165) is 0 Å². The van der Waals surface area contributed by atoms with Crippen molar-refractivity contribution < 1.29 is 4.79 Å². The van der Waals surface area contributed by atoms with Gasteiger partial charge in [0.25, 0.3) is 0 Å². The maximum atomic E-state index is 10.7. The number of hydrogen-bond donors (Lipinski definition) is 0. The van der Waals surface area contributed by atoms with Gasteiger partial charge in [-0.25, -0.2) is 0 Å². The molecule has 1 heterocycles. The standard InChI is InChI=1S/C6H5ClN2O/c1-4(10)5-2-6(7)9-8-3-5/h2-3H,1H3. The molecule has 0 bridgehead atoms. The predicted octanol–water partition coefficient (Wildman–Crippen LogP) is 1.33. The van der Waals surface area contributed by atoms with E-state index in [0.29, 0.717) is 5.56 Å². The number of halogens is 1. The number of nitrogens with zero attached hydrogens (tertiary/aromatic N) is 2. The number of aromatic nitrogens is 2. The van der Waals surface area contributed by atoms with Crippen molar-refractivity contribution in [3.05, 3.63) is 23.0 Å². The summed E-state index contributed by atoms with van der Waals surface area (Å²) in [5.74, 6) is -0.0585. The van der Waals surface area contributed by atoms with Gasteiger partial charge in [0.2, 0.25) is 0 Å². The molecule has 0 amide bonds. The van der Waals surface area contributed by atoms with E-state index in [2.05, 4.69) is 10.2 Å². The van der Waals surface area contributed by atoms with E-state index in [1.54, 1.807) is 0 Å². The van der Waals surface area contributed by atoms with E-state index in [4.69, 9.17) is 11.6 Å². The average Bonchev–Trinajstić information content (AvgIpc) is 1.88. The van der Waals surface area contributed by atoms with E-state index >= 15 is 0 Å². The summed E-state index contributed by atoms with van der Waals surface area (Å²) < 4.78 is 0. The maximum absolute atomic E-state index is 10.7. The van der Waals surface area contributed by atoms with Gasteiger partial charge in [0.15, 0.2) is 10.9 Å². The van der Waals surface area contributed by atoms with E-state index in [1.807, 2.05) is 0 Å². The van der Waals surface area contributed by atoms with Crippen molar-refractivity contribution in [3.8, 4) is 0 Å². The molecule has 0 N–H and O–H groups in total. The largest absolute Gasteiger partial charge is 0.294 e. The molecule has 0 unspecified atom stereocenters. The second-order valence-electron chi connectivity index (χ2n) is 1.82. The van der Waals surface area contributed by atoms with Gasteiger partial charge < -0.3 is 0 Å². The molecule has 0 radical (unpaired) electrons. The lowest BCUT2D eigenvalue weighted by Gasteiger charge is -1.91. The average molecular weight is 157 g/mol. The van der Waals surface area contributed by atoms with Crippen LogP contribution in [0.1, 0.15) is 17.3 Å². The molecule has 0 spiro atoms. The Labute approximate surface area is 63.0 Å². The Bertz CT molecular complexity index is 262. The predicted molar refractivity (Wildman–Crippen MR) is 37.0 cm³/mol. The third kappa shape index (κ3) is 1.51. The van der Waals surface area contributed by atoms with Crippen LogP contribution in [0.4, 0.5) is 0 Å². The Kier molecular flexibility index (Phi) is 1.97. The molecule has 0 aromatic carbocycles. The topological polar surface area (TPSA) is 42.9 Å². The van der Waals surface area contributed by atoms with Crippen LogP contribution >= 0.6 is 11.6 Å². The molecular formula is C6H5ClN2O. The highest BCUT2D eigenvalue weighted by atomic mass is 35.5. The van der Waals surface area contributed by atoms with Gasteiger partial charge in [-0.3, -0.25) is 4.79 Å². The van der Waals surface area contributed by atoms with Gasteiger partial charge in [-0.1, -0.05) is 11.6 Å². The normalized spacial score (nSPS) is 9.40. The zero-order valence-corrected chi connectivity index (χ0v) is 6.09. The van der Waals surface area contributed by atoms with E-state index < -0.39 is 0 Å². The fourth-order valence-electron chi connectivity index (χ4n) is 0.533. The molecule has 0 aliphatic rings. The molecule has 4 heteroatoms. The summed E-state index contributed by atoms with van der Waals surface area (Å²) in [6.07, 6.45) is 1.38. The van der Waals surface area contributed by atoms with Gasteiger partial charge in [-0.2, -0.15) is 5.10 Å². The number of carbonyl (C=O) groups excluding carboxylic acids is 1. The minimum Gasteiger partial charge on any atom is -0.294 e. The highest BCUT2D eigenvalue weighted by Gasteiger charge is 1.99. The summed E-state index contributed by atoms with van der Waals surface area (Å²) in [5.41, 5.74) is 0.486. The lowest BCUT2D eigenvalue weighted by Crippen LogP contribution is -1.94. The first kappa shape index (κ1) is 7.15. The molecule has 0 atom stereocenters. The van der Waals surface area contributed by atoms with Crippen molar-refractivity contribution in [3.63, 3.8) is 0 Å². The summed E-state index contributed by atoms with van der Waals surface area (Å²) in [5, 5.41) is 7.23. The molecule has 0 saturated heterocycles. The van der Waals surface area contributed by atoms with E-state index in [-0.39, 0.29) is 10.9 Å². The maximum Gasteiger partial charge on any atom is 0.161 e. The summed E-state index contributed by atoms with van der Waals surface area (Å²) in [6, 6.07) is 1.48. The second-order valence-corrected chi connectivity index (χ2v) is 2.21. The van der Waals surface area contributed by atoms with Gasteiger partial charge in [0.05, 0.1) is 6.20 Å². The van der Waals surface area contributed by atoms with Gasteiger partial charge in [-0.15, -0.1) is 5.10 Å². The van der Waals surface area contributed by atoms with Crippen molar-refractivity contribution in [1.82, 2.24) is 10.2 Å². The van der Waals surface area contributed by atoms with E-state index in [1.165, 1.54) is 19.2 Å². The lowest BCUT2D eigenvalue weighted by molar-refractivity contribution is 0.101. The number of carbonyl (C=O) groups is 1. The molecule has 1 rings (SSSR count).